The number of nitrogens with zero attached hydrogens (tertiary/aromatic N) is 1. The molecule has 0 radical (unpaired) electrons. The van der Waals surface area contributed by atoms with Crippen molar-refractivity contribution in [3.63, 3.8) is 0 Å². The minimum atomic E-state index is -0.441. The number of halogens is 1. The number of aliphatic hydroxyl groups excluding tert-OH is 1. The van der Waals surface area contributed by atoms with Gasteiger partial charge in [-0.1, -0.05) is 67.9 Å². The summed E-state index contributed by atoms with van der Waals surface area (Å²) in [6.07, 6.45) is -0.441. The molecule has 0 saturated carbocycles. The zero-order valence-corrected chi connectivity index (χ0v) is 16.2. The van der Waals surface area contributed by atoms with Gasteiger partial charge in [-0.3, -0.25) is 4.90 Å². The number of hydrogen-bond acceptors (Lipinski definition) is 3. The molecule has 0 spiro atoms. The lowest BCUT2D eigenvalue weighted by atomic mass is 9.99. The number of ether oxygens (including phenoxy) is 1. The van der Waals surface area contributed by atoms with E-state index in [1.807, 2.05) is 63.2 Å². The third kappa shape index (κ3) is 5.23. The van der Waals surface area contributed by atoms with Crippen molar-refractivity contribution in [3.05, 3.63) is 70.7 Å². The van der Waals surface area contributed by atoms with Crippen molar-refractivity contribution in [1.82, 2.24) is 4.90 Å². The lowest BCUT2D eigenvalue weighted by molar-refractivity contribution is 0.0324. The molecule has 0 saturated heterocycles. The quantitative estimate of drug-likeness (QED) is 0.736. The molecule has 5 heteroatoms. The molecular weight excluding hydrogens is 350 g/mol. The second-order valence-corrected chi connectivity index (χ2v) is 7.11. The molecular formula is C21H26ClNO3. The molecule has 0 aromatic heterocycles. The van der Waals surface area contributed by atoms with Crippen molar-refractivity contribution < 1.29 is 14.6 Å². The molecule has 4 nitrogen and oxygen atoms in total. The van der Waals surface area contributed by atoms with Gasteiger partial charge in [-0.25, -0.2) is 4.79 Å². The predicted octanol–water partition coefficient (Wildman–Crippen LogP) is 5.06. The van der Waals surface area contributed by atoms with E-state index >= 15 is 0 Å². The summed E-state index contributed by atoms with van der Waals surface area (Å²) in [7, 11) is 0. The molecule has 1 unspecified atom stereocenters. The molecule has 2 aromatic carbocycles. The molecule has 0 aliphatic carbocycles. The van der Waals surface area contributed by atoms with Crippen LogP contribution in [0.2, 0.25) is 5.02 Å². The summed E-state index contributed by atoms with van der Waals surface area (Å²) in [5.74, 6) is 0.0824. The Hall–Kier alpha value is -2.04. The minimum Gasteiger partial charge on any atom is -0.445 e. The molecule has 2 rings (SSSR count). The number of carbonyl (C=O) groups is 1. The fourth-order valence-corrected chi connectivity index (χ4v) is 3.02. The Balaban J connectivity index is 2.21. The van der Waals surface area contributed by atoms with Gasteiger partial charge in [0.2, 0.25) is 0 Å². The van der Waals surface area contributed by atoms with Gasteiger partial charge in [0, 0.05) is 5.02 Å². The number of rotatable bonds is 7. The van der Waals surface area contributed by atoms with Crippen LogP contribution in [0.5, 0.6) is 0 Å². The first kappa shape index (κ1) is 20.3. The average molecular weight is 376 g/mol. The summed E-state index contributed by atoms with van der Waals surface area (Å²) in [6.45, 7) is 5.95. The Labute approximate surface area is 160 Å². The molecule has 0 bridgehead atoms. The summed E-state index contributed by atoms with van der Waals surface area (Å²) >= 11 is 5.97. The highest BCUT2D eigenvalue weighted by Gasteiger charge is 2.32. The molecule has 1 amide bonds. The maximum absolute atomic E-state index is 12.9. The Kier molecular flexibility index (Phi) is 7.49. The van der Waals surface area contributed by atoms with E-state index in [0.717, 1.165) is 11.1 Å². The Bertz CT molecular complexity index is 688. The minimum absolute atomic E-state index is 0.0824. The molecule has 2 aromatic rings. The first-order chi connectivity index (χ1) is 12.4. The normalized spacial score (nSPS) is 13.3. The third-order valence-corrected chi connectivity index (χ3v) is 4.75. The van der Waals surface area contributed by atoms with Gasteiger partial charge in [0.1, 0.15) is 6.61 Å². The Morgan fingerprint density at radius 2 is 1.69 bits per heavy atom. The lowest BCUT2D eigenvalue weighted by Crippen LogP contribution is -2.47. The Morgan fingerprint density at radius 1 is 1.08 bits per heavy atom. The zero-order valence-electron chi connectivity index (χ0n) is 15.4. The molecule has 0 fully saturated rings. The topological polar surface area (TPSA) is 49.8 Å². The van der Waals surface area contributed by atoms with Crippen molar-refractivity contribution in [1.29, 1.82) is 0 Å². The van der Waals surface area contributed by atoms with Gasteiger partial charge in [-0.15, -0.1) is 0 Å². The van der Waals surface area contributed by atoms with E-state index in [-0.39, 0.29) is 31.2 Å². The summed E-state index contributed by atoms with van der Waals surface area (Å²) in [4.78, 5) is 14.5. The molecule has 26 heavy (non-hydrogen) atoms. The summed E-state index contributed by atoms with van der Waals surface area (Å²) in [6, 6.07) is 16.3. The van der Waals surface area contributed by atoms with Crippen LogP contribution in [0.3, 0.4) is 0 Å². The van der Waals surface area contributed by atoms with Gasteiger partial charge in [0.05, 0.1) is 18.7 Å². The molecule has 140 valence electrons. The maximum Gasteiger partial charge on any atom is 0.410 e. The number of benzene rings is 2. The molecule has 0 aliphatic rings. The standard InChI is InChI=1S/C21H26ClNO3/c1-15(2)20(13-24)23(16(3)18-9-11-19(22)12-10-18)21(25)26-14-17-7-5-4-6-8-17/h4-12,15-16,20,24H,13-14H2,1-3H3/t16?,20-/m1/s1. The van der Waals surface area contributed by atoms with Gasteiger partial charge in [0.25, 0.3) is 0 Å². The molecule has 0 aliphatic heterocycles. The van der Waals surface area contributed by atoms with Crippen LogP contribution in [0.4, 0.5) is 4.79 Å². The van der Waals surface area contributed by atoms with Crippen LogP contribution in [0.1, 0.15) is 37.9 Å². The smallest absolute Gasteiger partial charge is 0.410 e. The van der Waals surface area contributed by atoms with Crippen molar-refractivity contribution >= 4 is 17.7 Å². The highest BCUT2D eigenvalue weighted by molar-refractivity contribution is 6.30. The first-order valence-electron chi connectivity index (χ1n) is 8.79. The van der Waals surface area contributed by atoms with Gasteiger partial charge in [-0.05, 0) is 36.1 Å². The number of carbonyl (C=O) groups excluding carboxylic acids is 1. The van der Waals surface area contributed by atoms with Crippen LogP contribution < -0.4 is 0 Å². The highest BCUT2D eigenvalue weighted by atomic mass is 35.5. The third-order valence-electron chi connectivity index (χ3n) is 4.50. The van der Waals surface area contributed by atoms with Crippen LogP contribution in [-0.2, 0) is 11.3 Å². The fourth-order valence-electron chi connectivity index (χ4n) is 2.90. The van der Waals surface area contributed by atoms with Crippen molar-refractivity contribution in [3.8, 4) is 0 Å². The number of amides is 1. The maximum atomic E-state index is 12.9. The van der Waals surface area contributed by atoms with Crippen molar-refractivity contribution in [2.45, 2.75) is 39.5 Å². The second kappa shape index (κ2) is 9.60. The van der Waals surface area contributed by atoms with E-state index in [1.165, 1.54) is 0 Å². The second-order valence-electron chi connectivity index (χ2n) is 6.67. The predicted molar refractivity (Wildman–Crippen MR) is 104 cm³/mol. The largest absolute Gasteiger partial charge is 0.445 e. The molecule has 2 atom stereocenters. The van der Waals surface area contributed by atoms with Crippen LogP contribution in [0, 0.1) is 5.92 Å². The van der Waals surface area contributed by atoms with Gasteiger partial charge in [-0.2, -0.15) is 0 Å². The van der Waals surface area contributed by atoms with E-state index in [1.54, 1.807) is 17.0 Å². The summed E-state index contributed by atoms with van der Waals surface area (Å²) in [5.41, 5.74) is 1.86. The summed E-state index contributed by atoms with van der Waals surface area (Å²) in [5, 5.41) is 10.5. The Morgan fingerprint density at radius 3 is 2.23 bits per heavy atom. The lowest BCUT2D eigenvalue weighted by Gasteiger charge is -2.37. The van der Waals surface area contributed by atoms with Gasteiger partial charge < -0.3 is 9.84 Å². The highest BCUT2D eigenvalue weighted by Crippen LogP contribution is 2.27. The van der Waals surface area contributed by atoms with Crippen LogP contribution in [0.25, 0.3) is 0 Å². The van der Waals surface area contributed by atoms with E-state index in [9.17, 15) is 9.90 Å². The van der Waals surface area contributed by atoms with Crippen LogP contribution in [0.15, 0.2) is 54.6 Å². The van der Waals surface area contributed by atoms with E-state index in [2.05, 4.69) is 0 Å². The van der Waals surface area contributed by atoms with E-state index in [0.29, 0.717) is 5.02 Å². The van der Waals surface area contributed by atoms with Crippen LogP contribution in [-0.4, -0.2) is 28.7 Å². The zero-order chi connectivity index (χ0) is 19.1. The van der Waals surface area contributed by atoms with Crippen LogP contribution >= 0.6 is 11.6 Å². The SMILES string of the molecule is CC(C)[C@@H](CO)N(C(=O)OCc1ccccc1)C(C)c1ccc(Cl)cc1. The first-order valence-corrected chi connectivity index (χ1v) is 9.17. The van der Waals surface area contributed by atoms with Crippen molar-refractivity contribution in [2.24, 2.45) is 5.92 Å². The van der Waals surface area contributed by atoms with Gasteiger partial charge in [0.15, 0.2) is 0 Å². The molecule has 0 heterocycles. The van der Waals surface area contributed by atoms with Gasteiger partial charge >= 0.3 is 6.09 Å². The number of hydrogen-bond donors (Lipinski definition) is 1. The number of aliphatic hydroxyl groups is 1. The summed E-state index contributed by atoms with van der Waals surface area (Å²) < 4.78 is 5.54. The van der Waals surface area contributed by atoms with E-state index < -0.39 is 6.09 Å². The monoisotopic (exact) mass is 375 g/mol. The molecule has 1 N–H and O–H groups in total. The van der Waals surface area contributed by atoms with Crippen molar-refractivity contribution in [2.75, 3.05) is 6.61 Å². The fraction of sp³-hybridized carbons (Fsp3) is 0.381. The van der Waals surface area contributed by atoms with E-state index in [4.69, 9.17) is 16.3 Å². The average Bonchev–Trinajstić information content (AvgIpc) is 2.64.